The van der Waals surface area contributed by atoms with E-state index in [9.17, 15) is 9.59 Å². The molecule has 3 rings (SSSR count). The first kappa shape index (κ1) is 17.6. The second kappa shape index (κ2) is 5.94. The van der Waals surface area contributed by atoms with Crippen molar-refractivity contribution in [1.82, 2.24) is 0 Å². The monoisotopic (exact) mass is 334 g/mol. The lowest BCUT2D eigenvalue weighted by Crippen LogP contribution is -2.40. The van der Waals surface area contributed by atoms with Crippen LogP contribution in [0.3, 0.4) is 0 Å². The molecular weight excluding hydrogens is 308 g/mol. The molecule has 0 N–H and O–H groups in total. The number of rotatable bonds is 4. The molecule has 0 amide bonds. The summed E-state index contributed by atoms with van der Waals surface area (Å²) in [5, 5.41) is 0. The van der Waals surface area contributed by atoms with Gasteiger partial charge in [-0.3, -0.25) is 9.59 Å². The van der Waals surface area contributed by atoms with E-state index in [2.05, 4.69) is 34.6 Å². The van der Waals surface area contributed by atoms with E-state index in [1.807, 2.05) is 24.3 Å². The van der Waals surface area contributed by atoms with Gasteiger partial charge in [0.15, 0.2) is 11.6 Å². The Balaban J connectivity index is 2.31. The highest BCUT2D eigenvalue weighted by molar-refractivity contribution is 6.29. The van der Waals surface area contributed by atoms with Gasteiger partial charge >= 0.3 is 0 Å². The van der Waals surface area contributed by atoms with Crippen LogP contribution in [0.2, 0.25) is 0 Å². The molecular formula is C23H26O2. The maximum Gasteiger partial charge on any atom is 0.194 e. The topological polar surface area (TPSA) is 34.1 Å². The summed E-state index contributed by atoms with van der Waals surface area (Å²) < 4.78 is 0. The van der Waals surface area contributed by atoms with Crippen molar-refractivity contribution in [2.45, 2.75) is 52.9 Å². The molecule has 1 atom stereocenters. The van der Waals surface area contributed by atoms with Gasteiger partial charge < -0.3 is 0 Å². The minimum absolute atomic E-state index is 0.0111. The number of carbonyl (C=O) groups is 2. The van der Waals surface area contributed by atoms with Crippen LogP contribution in [-0.4, -0.2) is 11.6 Å². The van der Waals surface area contributed by atoms with E-state index in [-0.39, 0.29) is 22.4 Å². The van der Waals surface area contributed by atoms with Crippen molar-refractivity contribution in [2.75, 3.05) is 0 Å². The summed E-state index contributed by atoms with van der Waals surface area (Å²) in [6.45, 7) is 11.1. The van der Waals surface area contributed by atoms with Crippen molar-refractivity contribution in [1.29, 1.82) is 0 Å². The average Bonchev–Trinajstić information content (AvgIpc) is 2.64. The molecule has 1 aliphatic rings. The van der Waals surface area contributed by atoms with Gasteiger partial charge in [0.1, 0.15) is 0 Å². The van der Waals surface area contributed by atoms with Gasteiger partial charge in [0.05, 0.1) is 0 Å². The summed E-state index contributed by atoms with van der Waals surface area (Å²) in [7, 11) is 0. The fraction of sp³-hybridized carbons (Fsp3) is 0.391. The number of hydrogen-bond acceptors (Lipinski definition) is 2. The molecule has 1 aliphatic carbocycles. The largest absolute Gasteiger partial charge is 0.289 e. The van der Waals surface area contributed by atoms with Crippen LogP contribution in [0.4, 0.5) is 0 Å². The molecule has 2 aromatic rings. The number of carbonyl (C=O) groups excluding carboxylic acids is 2. The molecule has 2 nitrogen and oxygen atoms in total. The van der Waals surface area contributed by atoms with Gasteiger partial charge in [0, 0.05) is 22.3 Å². The van der Waals surface area contributed by atoms with Crippen LogP contribution in [-0.2, 0) is 5.41 Å². The molecule has 0 aliphatic heterocycles. The van der Waals surface area contributed by atoms with Crippen LogP contribution in [0.5, 0.6) is 0 Å². The smallest absolute Gasteiger partial charge is 0.194 e. The summed E-state index contributed by atoms with van der Waals surface area (Å²) in [5.74, 6) is -0.0628. The zero-order chi connectivity index (χ0) is 18.4. The highest BCUT2D eigenvalue weighted by Gasteiger charge is 2.44. The maximum absolute atomic E-state index is 13.3. The molecule has 0 saturated carbocycles. The van der Waals surface area contributed by atoms with E-state index in [0.29, 0.717) is 22.3 Å². The molecule has 0 spiro atoms. The number of fused-ring (bicyclic) bond motifs is 2. The van der Waals surface area contributed by atoms with E-state index in [1.54, 1.807) is 18.2 Å². The van der Waals surface area contributed by atoms with E-state index in [1.165, 1.54) is 0 Å². The second-order valence-electron chi connectivity index (χ2n) is 7.86. The molecule has 130 valence electrons. The SMILES string of the molecule is CCC(C)(C)C(C)(CC)c1cccc2c1C(=O)c1ccccc1C2=O. The summed E-state index contributed by atoms with van der Waals surface area (Å²) in [5.41, 5.74) is 3.04. The molecule has 25 heavy (non-hydrogen) atoms. The Morgan fingerprint density at radius 3 is 1.84 bits per heavy atom. The van der Waals surface area contributed by atoms with Gasteiger partial charge in [-0.1, -0.05) is 83.5 Å². The van der Waals surface area contributed by atoms with Crippen LogP contribution in [0.25, 0.3) is 0 Å². The van der Waals surface area contributed by atoms with E-state index >= 15 is 0 Å². The Hall–Kier alpha value is -2.22. The van der Waals surface area contributed by atoms with Gasteiger partial charge in [0.25, 0.3) is 0 Å². The Labute approximate surface area is 150 Å². The van der Waals surface area contributed by atoms with Gasteiger partial charge in [-0.25, -0.2) is 0 Å². The van der Waals surface area contributed by atoms with Crippen molar-refractivity contribution < 1.29 is 9.59 Å². The molecule has 0 radical (unpaired) electrons. The van der Waals surface area contributed by atoms with E-state index in [4.69, 9.17) is 0 Å². The van der Waals surface area contributed by atoms with Gasteiger partial charge in [0.2, 0.25) is 0 Å². The zero-order valence-corrected chi connectivity index (χ0v) is 15.8. The van der Waals surface area contributed by atoms with Gasteiger partial charge in [-0.2, -0.15) is 0 Å². The summed E-state index contributed by atoms with van der Waals surface area (Å²) >= 11 is 0. The first-order valence-corrected chi connectivity index (χ1v) is 9.10. The minimum atomic E-state index is -0.185. The fourth-order valence-corrected chi connectivity index (χ4v) is 4.03. The van der Waals surface area contributed by atoms with Crippen molar-refractivity contribution in [2.24, 2.45) is 5.41 Å². The number of benzene rings is 2. The highest BCUT2D eigenvalue weighted by atomic mass is 16.1. The fourth-order valence-electron chi connectivity index (χ4n) is 4.03. The first-order chi connectivity index (χ1) is 11.8. The standard InChI is InChI=1S/C23H26O2/c1-6-22(3,4)23(5,7-2)18-14-10-13-17-19(18)21(25)16-12-9-8-11-15(16)20(17)24/h8-14H,6-7H2,1-5H3. The molecule has 0 fully saturated rings. The van der Waals surface area contributed by atoms with Crippen LogP contribution >= 0.6 is 0 Å². The summed E-state index contributed by atoms with van der Waals surface area (Å²) in [4.78, 5) is 26.3. The Morgan fingerprint density at radius 2 is 1.28 bits per heavy atom. The predicted molar refractivity (Wildman–Crippen MR) is 101 cm³/mol. The first-order valence-electron chi connectivity index (χ1n) is 9.10. The maximum atomic E-state index is 13.3. The van der Waals surface area contributed by atoms with E-state index < -0.39 is 0 Å². The van der Waals surface area contributed by atoms with Crippen LogP contribution in [0, 0.1) is 5.41 Å². The van der Waals surface area contributed by atoms with Crippen LogP contribution in [0.15, 0.2) is 42.5 Å². The van der Waals surface area contributed by atoms with Crippen LogP contribution < -0.4 is 0 Å². The molecule has 1 unspecified atom stereocenters. The van der Waals surface area contributed by atoms with Gasteiger partial charge in [-0.15, -0.1) is 0 Å². The third-order valence-electron chi connectivity index (χ3n) is 6.63. The number of ketones is 2. The molecule has 0 aromatic heterocycles. The van der Waals surface area contributed by atoms with E-state index in [0.717, 1.165) is 18.4 Å². The Morgan fingerprint density at radius 1 is 0.720 bits per heavy atom. The lowest BCUT2D eigenvalue weighted by atomic mass is 9.58. The second-order valence-corrected chi connectivity index (χ2v) is 7.86. The minimum Gasteiger partial charge on any atom is -0.289 e. The van der Waals surface area contributed by atoms with Crippen LogP contribution in [0.1, 0.15) is 84.9 Å². The summed E-state index contributed by atoms with van der Waals surface area (Å²) in [6, 6.07) is 12.9. The van der Waals surface area contributed by atoms with Gasteiger partial charge in [-0.05, 0) is 22.8 Å². The third kappa shape index (κ3) is 2.38. The lowest BCUT2D eigenvalue weighted by molar-refractivity contribution is 0.0972. The zero-order valence-electron chi connectivity index (χ0n) is 15.8. The molecule has 0 saturated heterocycles. The lowest BCUT2D eigenvalue weighted by Gasteiger charge is -2.45. The molecule has 0 heterocycles. The summed E-state index contributed by atoms with van der Waals surface area (Å²) in [6.07, 6.45) is 1.91. The third-order valence-corrected chi connectivity index (χ3v) is 6.63. The normalized spacial score (nSPS) is 16.2. The predicted octanol–water partition coefficient (Wildman–Crippen LogP) is 5.57. The molecule has 2 heteroatoms. The number of hydrogen-bond donors (Lipinski definition) is 0. The Bertz CT molecular complexity index is 860. The van der Waals surface area contributed by atoms with Crippen molar-refractivity contribution in [3.05, 3.63) is 70.3 Å². The molecule has 2 aromatic carbocycles. The molecule has 0 bridgehead atoms. The quantitative estimate of drug-likeness (QED) is 0.625. The van der Waals surface area contributed by atoms with Crippen molar-refractivity contribution >= 4 is 11.6 Å². The average molecular weight is 334 g/mol. The van der Waals surface area contributed by atoms with Crippen molar-refractivity contribution in [3.63, 3.8) is 0 Å². The van der Waals surface area contributed by atoms with Crippen molar-refractivity contribution in [3.8, 4) is 0 Å². The Kier molecular flexibility index (Phi) is 4.18. The highest BCUT2D eigenvalue weighted by Crippen LogP contribution is 2.48.